The van der Waals surface area contributed by atoms with E-state index in [1.54, 1.807) is 4.68 Å². The maximum absolute atomic E-state index is 6.16. The zero-order valence-corrected chi connectivity index (χ0v) is 13.6. The van der Waals surface area contributed by atoms with Crippen LogP contribution >= 0.6 is 27.5 Å². The van der Waals surface area contributed by atoms with Crippen LogP contribution in [0.3, 0.4) is 0 Å². The number of hydrogen-bond donors (Lipinski definition) is 0. The normalized spacial score (nSPS) is 12.9. The van der Waals surface area contributed by atoms with E-state index in [-0.39, 0.29) is 5.38 Å². The van der Waals surface area contributed by atoms with Crippen molar-refractivity contribution in [1.82, 2.24) is 24.8 Å². The SMILES string of the molecule is CCC(Cl)c1cn(Cc2c(Br)c(C)nn2CC)nn1. The minimum atomic E-state index is -0.0741. The molecule has 1 atom stereocenters. The molecule has 2 aromatic rings. The van der Waals surface area contributed by atoms with Crippen LogP contribution < -0.4 is 0 Å². The highest BCUT2D eigenvalue weighted by molar-refractivity contribution is 9.10. The Labute approximate surface area is 126 Å². The Hall–Kier alpha value is -0.880. The molecule has 104 valence electrons. The van der Waals surface area contributed by atoms with Crippen molar-refractivity contribution in [1.29, 1.82) is 0 Å². The number of aryl methyl sites for hydroxylation is 2. The lowest BCUT2D eigenvalue weighted by Crippen LogP contribution is -2.09. The van der Waals surface area contributed by atoms with E-state index in [1.165, 1.54) is 0 Å². The van der Waals surface area contributed by atoms with Crippen LogP contribution in [-0.4, -0.2) is 24.8 Å². The summed E-state index contributed by atoms with van der Waals surface area (Å²) < 4.78 is 4.80. The molecule has 0 bridgehead atoms. The van der Waals surface area contributed by atoms with E-state index in [9.17, 15) is 0 Å². The second-order valence-electron chi connectivity index (χ2n) is 4.38. The van der Waals surface area contributed by atoms with Gasteiger partial charge in [0.1, 0.15) is 5.69 Å². The van der Waals surface area contributed by atoms with Gasteiger partial charge in [0.2, 0.25) is 0 Å². The van der Waals surface area contributed by atoms with Crippen LogP contribution in [0.5, 0.6) is 0 Å². The summed E-state index contributed by atoms with van der Waals surface area (Å²) in [5, 5.41) is 12.6. The molecule has 19 heavy (non-hydrogen) atoms. The molecular formula is C12H17BrClN5. The number of halogens is 2. The third-order valence-electron chi connectivity index (χ3n) is 3.00. The van der Waals surface area contributed by atoms with E-state index in [0.29, 0.717) is 6.54 Å². The fraction of sp³-hybridized carbons (Fsp3) is 0.583. The third-order valence-corrected chi connectivity index (χ3v) is 4.56. The van der Waals surface area contributed by atoms with Gasteiger partial charge in [-0.1, -0.05) is 12.1 Å². The molecule has 0 aliphatic rings. The molecule has 0 saturated heterocycles. The molecule has 0 fully saturated rings. The Balaban J connectivity index is 2.24. The Bertz CT molecular complexity index is 562. The van der Waals surface area contributed by atoms with Crippen molar-refractivity contribution in [2.45, 2.75) is 45.7 Å². The number of nitrogens with zero attached hydrogens (tertiary/aromatic N) is 5. The summed E-state index contributed by atoms with van der Waals surface area (Å²) in [6, 6.07) is 0. The van der Waals surface area contributed by atoms with Gasteiger partial charge >= 0.3 is 0 Å². The Morgan fingerprint density at radius 3 is 2.79 bits per heavy atom. The van der Waals surface area contributed by atoms with Gasteiger partial charge < -0.3 is 0 Å². The second kappa shape index (κ2) is 6.05. The zero-order valence-electron chi connectivity index (χ0n) is 11.3. The van der Waals surface area contributed by atoms with Crippen molar-refractivity contribution >= 4 is 27.5 Å². The molecule has 0 N–H and O–H groups in total. The van der Waals surface area contributed by atoms with Crippen LogP contribution in [0.1, 0.15) is 42.7 Å². The second-order valence-corrected chi connectivity index (χ2v) is 5.70. The maximum Gasteiger partial charge on any atom is 0.101 e. The first-order valence-corrected chi connectivity index (χ1v) is 7.55. The standard InChI is InChI=1S/C12H17BrClN5/c1-4-9(14)10-6-18(17-15-10)7-11-12(13)8(3)16-19(11)5-2/h6,9H,4-5,7H2,1-3H3. The molecule has 2 heterocycles. The van der Waals surface area contributed by atoms with Crippen molar-refractivity contribution in [3.8, 4) is 0 Å². The Morgan fingerprint density at radius 1 is 1.42 bits per heavy atom. The molecule has 0 amide bonds. The zero-order chi connectivity index (χ0) is 14.0. The van der Waals surface area contributed by atoms with Gasteiger partial charge in [0.05, 0.1) is 34.0 Å². The molecule has 2 rings (SSSR count). The summed E-state index contributed by atoms with van der Waals surface area (Å²) in [5.74, 6) is 0. The first-order chi connectivity index (χ1) is 9.06. The smallest absolute Gasteiger partial charge is 0.101 e. The lowest BCUT2D eigenvalue weighted by atomic mass is 10.3. The van der Waals surface area contributed by atoms with Crippen LogP contribution in [0.4, 0.5) is 0 Å². The molecule has 0 saturated carbocycles. The average Bonchev–Trinajstić information content (AvgIpc) is 2.98. The third kappa shape index (κ3) is 3.00. The maximum atomic E-state index is 6.16. The summed E-state index contributed by atoms with van der Waals surface area (Å²) in [7, 11) is 0. The monoisotopic (exact) mass is 345 g/mol. The molecule has 0 spiro atoms. The van der Waals surface area contributed by atoms with E-state index < -0.39 is 0 Å². The fourth-order valence-electron chi connectivity index (χ4n) is 1.92. The van der Waals surface area contributed by atoms with Crippen molar-refractivity contribution in [2.24, 2.45) is 0 Å². The molecule has 0 aliphatic carbocycles. The molecule has 5 nitrogen and oxygen atoms in total. The van der Waals surface area contributed by atoms with Gasteiger partial charge in [-0.05, 0) is 36.2 Å². The summed E-state index contributed by atoms with van der Waals surface area (Å²) in [6.07, 6.45) is 2.74. The minimum Gasteiger partial charge on any atom is -0.267 e. The predicted molar refractivity (Wildman–Crippen MR) is 78.3 cm³/mol. The van der Waals surface area contributed by atoms with E-state index >= 15 is 0 Å². The summed E-state index contributed by atoms with van der Waals surface area (Å²) in [5.41, 5.74) is 2.90. The predicted octanol–water partition coefficient (Wildman–Crippen LogP) is 3.30. The van der Waals surface area contributed by atoms with Gasteiger partial charge in [-0.25, -0.2) is 4.68 Å². The van der Waals surface area contributed by atoms with Crippen LogP contribution in [0.15, 0.2) is 10.7 Å². The fourth-order valence-corrected chi connectivity index (χ4v) is 2.43. The van der Waals surface area contributed by atoms with Crippen molar-refractivity contribution < 1.29 is 0 Å². The highest BCUT2D eigenvalue weighted by Gasteiger charge is 2.15. The number of hydrogen-bond acceptors (Lipinski definition) is 3. The molecular weight excluding hydrogens is 330 g/mol. The van der Waals surface area contributed by atoms with Gasteiger partial charge in [0, 0.05) is 6.54 Å². The molecule has 0 aliphatic heterocycles. The van der Waals surface area contributed by atoms with Gasteiger partial charge in [0.15, 0.2) is 0 Å². The van der Waals surface area contributed by atoms with Gasteiger partial charge in [-0.3, -0.25) is 4.68 Å². The Morgan fingerprint density at radius 2 is 2.16 bits per heavy atom. The summed E-state index contributed by atoms with van der Waals surface area (Å²) >= 11 is 9.74. The lowest BCUT2D eigenvalue weighted by molar-refractivity contribution is 0.563. The highest BCUT2D eigenvalue weighted by Crippen LogP contribution is 2.23. The largest absolute Gasteiger partial charge is 0.267 e. The van der Waals surface area contributed by atoms with Crippen LogP contribution in [0, 0.1) is 6.92 Å². The number of rotatable bonds is 5. The highest BCUT2D eigenvalue weighted by atomic mass is 79.9. The first kappa shape index (κ1) is 14.5. The Kier molecular flexibility index (Phi) is 4.62. The molecule has 7 heteroatoms. The molecule has 2 aromatic heterocycles. The quantitative estimate of drug-likeness (QED) is 0.780. The van der Waals surface area contributed by atoms with Crippen LogP contribution in [-0.2, 0) is 13.1 Å². The first-order valence-electron chi connectivity index (χ1n) is 6.32. The van der Waals surface area contributed by atoms with Gasteiger partial charge in [0.25, 0.3) is 0 Å². The average molecular weight is 347 g/mol. The van der Waals surface area contributed by atoms with Gasteiger partial charge in [-0.2, -0.15) is 5.10 Å². The minimum absolute atomic E-state index is 0.0741. The van der Waals surface area contributed by atoms with Crippen molar-refractivity contribution in [3.05, 3.63) is 27.8 Å². The van der Waals surface area contributed by atoms with E-state index in [4.69, 9.17) is 11.6 Å². The summed E-state index contributed by atoms with van der Waals surface area (Å²) in [6.45, 7) is 7.55. The van der Waals surface area contributed by atoms with E-state index in [0.717, 1.165) is 34.5 Å². The molecule has 0 aromatic carbocycles. The van der Waals surface area contributed by atoms with Crippen molar-refractivity contribution in [3.63, 3.8) is 0 Å². The van der Waals surface area contributed by atoms with Crippen LogP contribution in [0.25, 0.3) is 0 Å². The summed E-state index contributed by atoms with van der Waals surface area (Å²) in [4.78, 5) is 0. The number of aromatic nitrogens is 5. The topological polar surface area (TPSA) is 48.5 Å². The molecule has 0 radical (unpaired) electrons. The molecule has 1 unspecified atom stereocenters. The van der Waals surface area contributed by atoms with E-state index in [1.807, 2.05) is 24.7 Å². The van der Waals surface area contributed by atoms with Crippen LogP contribution in [0.2, 0.25) is 0 Å². The van der Waals surface area contributed by atoms with Crippen molar-refractivity contribution in [2.75, 3.05) is 0 Å². The lowest BCUT2D eigenvalue weighted by Gasteiger charge is -2.05. The number of alkyl halides is 1. The van der Waals surface area contributed by atoms with Gasteiger partial charge in [-0.15, -0.1) is 16.7 Å². The van der Waals surface area contributed by atoms with E-state index in [2.05, 4.69) is 38.3 Å².